The van der Waals surface area contributed by atoms with Crippen LogP contribution in [-0.2, 0) is 9.59 Å². The number of amides is 2. The number of primary amides is 1. The highest BCUT2D eigenvalue weighted by Crippen LogP contribution is 2.18. The zero-order valence-electron chi connectivity index (χ0n) is 9.85. The van der Waals surface area contributed by atoms with Crippen molar-refractivity contribution in [2.24, 2.45) is 11.7 Å². The monoisotopic (exact) mass is 257 g/mol. The molecular weight excluding hydrogens is 238 g/mol. The summed E-state index contributed by atoms with van der Waals surface area (Å²) in [7, 11) is 0. The summed E-state index contributed by atoms with van der Waals surface area (Å²) in [4.78, 5) is 25.1. The van der Waals surface area contributed by atoms with Crippen molar-refractivity contribution in [2.75, 3.05) is 31.1 Å². The van der Waals surface area contributed by atoms with Crippen LogP contribution < -0.4 is 11.1 Å². The molecule has 1 atom stereocenters. The second-order valence-corrected chi connectivity index (χ2v) is 5.73. The predicted octanol–water partition coefficient (Wildman–Crippen LogP) is -0.585. The third-order valence-corrected chi connectivity index (χ3v) is 4.49. The van der Waals surface area contributed by atoms with E-state index in [-0.39, 0.29) is 23.8 Å². The van der Waals surface area contributed by atoms with E-state index in [1.165, 1.54) is 0 Å². The molecule has 2 saturated heterocycles. The lowest BCUT2D eigenvalue weighted by atomic mass is 9.96. The molecule has 2 aliphatic rings. The fourth-order valence-corrected chi connectivity index (χ4v) is 3.25. The number of carbonyl (C=O) groups is 2. The minimum atomic E-state index is -0.233. The largest absolute Gasteiger partial charge is 0.369 e. The van der Waals surface area contributed by atoms with Crippen molar-refractivity contribution in [3.63, 3.8) is 0 Å². The van der Waals surface area contributed by atoms with Gasteiger partial charge in [-0.1, -0.05) is 0 Å². The van der Waals surface area contributed by atoms with Crippen LogP contribution in [0.4, 0.5) is 0 Å². The summed E-state index contributed by atoms with van der Waals surface area (Å²) in [5.41, 5.74) is 5.27. The van der Waals surface area contributed by atoms with Crippen molar-refractivity contribution < 1.29 is 9.59 Å². The molecule has 2 heterocycles. The van der Waals surface area contributed by atoms with Gasteiger partial charge in [-0.25, -0.2) is 0 Å². The van der Waals surface area contributed by atoms with E-state index in [4.69, 9.17) is 5.73 Å². The van der Waals surface area contributed by atoms with Crippen LogP contribution in [0.15, 0.2) is 0 Å². The van der Waals surface area contributed by atoms with Gasteiger partial charge in [0.05, 0.1) is 6.04 Å². The maximum atomic E-state index is 12.2. The van der Waals surface area contributed by atoms with E-state index in [1.807, 2.05) is 16.7 Å². The molecule has 2 fully saturated rings. The number of thioether (sulfide) groups is 1. The maximum absolute atomic E-state index is 12.2. The van der Waals surface area contributed by atoms with Crippen molar-refractivity contribution in [3.8, 4) is 0 Å². The van der Waals surface area contributed by atoms with Crippen molar-refractivity contribution in [2.45, 2.75) is 18.9 Å². The van der Waals surface area contributed by atoms with Gasteiger partial charge in [-0.05, 0) is 12.8 Å². The molecule has 2 aliphatic heterocycles. The minimum absolute atomic E-state index is 0.0427. The number of piperidine rings is 1. The van der Waals surface area contributed by atoms with Crippen molar-refractivity contribution in [1.29, 1.82) is 0 Å². The maximum Gasteiger partial charge on any atom is 0.240 e. The van der Waals surface area contributed by atoms with E-state index in [9.17, 15) is 9.59 Å². The lowest BCUT2D eigenvalue weighted by Crippen LogP contribution is -2.53. The number of likely N-dealkylation sites (tertiary alicyclic amines) is 1. The SMILES string of the molecule is NC(=O)C1CCN(C(=O)C2CSCCN2)CC1. The van der Waals surface area contributed by atoms with Crippen LogP contribution in [-0.4, -0.2) is 53.9 Å². The molecule has 3 N–H and O–H groups in total. The molecule has 0 radical (unpaired) electrons. The first-order chi connectivity index (χ1) is 8.18. The summed E-state index contributed by atoms with van der Waals surface area (Å²) >= 11 is 1.82. The highest BCUT2D eigenvalue weighted by Gasteiger charge is 2.30. The Morgan fingerprint density at radius 3 is 2.53 bits per heavy atom. The highest BCUT2D eigenvalue weighted by atomic mass is 32.2. The normalized spacial score (nSPS) is 26.8. The number of nitrogens with one attached hydrogen (secondary N) is 1. The molecule has 0 aromatic carbocycles. The number of hydrogen-bond donors (Lipinski definition) is 2. The summed E-state index contributed by atoms with van der Waals surface area (Å²) in [6.45, 7) is 2.23. The van der Waals surface area contributed by atoms with Gasteiger partial charge in [0, 0.05) is 37.1 Å². The van der Waals surface area contributed by atoms with Gasteiger partial charge in [0.25, 0.3) is 0 Å². The Kier molecular flexibility index (Phi) is 4.28. The molecule has 0 aromatic rings. The van der Waals surface area contributed by atoms with E-state index in [2.05, 4.69) is 5.32 Å². The molecule has 17 heavy (non-hydrogen) atoms. The van der Waals surface area contributed by atoms with E-state index in [1.54, 1.807) is 0 Å². The number of hydrogen-bond acceptors (Lipinski definition) is 4. The van der Waals surface area contributed by atoms with Crippen molar-refractivity contribution in [1.82, 2.24) is 10.2 Å². The Bertz CT molecular complexity index is 297. The number of carbonyl (C=O) groups excluding carboxylic acids is 2. The molecule has 0 aromatic heterocycles. The molecule has 1 unspecified atom stereocenters. The molecule has 0 saturated carbocycles. The molecule has 6 heteroatoms. The molecule has 5 nitrogen and oxygen atoms in total. The molecule has 2 rings (SSSR count). The van der Waals surface area contributed by atoms with Gasteiger partial charge in [0.1, 0.15) is 0 Å². The van der Waals surface area contributed by atoms with Gasteiger partial charge in [0.15, 0.2) is 0 Å². The van der Waals surface area contributed by atoms with Crippen LogP contribution >= 0.6 is 11.8 Å². The van der Waals surface area contributed by atoms with Crippen molar-refractivity contribution in [3.05, 3.63) is 0 Å². The Balaban J connectivity index is 1.83. The van der Waals surface area contributed by atoms with Gasteiger partial charge >= 0.3 is 0 Å². The number of rotatable bonds is 2. The Labute approximate surface area is 105 Å². The van der Waals surface area contributed by atoms with Gasteiger partial charge in [-0.15, -0.1) is 0 Å². The number of nitrogens with zero attached hydrogens (tertiary/aromatic N) is 1. The molecule has 0 spiro atoms. The lowest BCUT2D eigenvalue weighted by Gasteiger charge is -2.34. The third kappa shape index (κ3) is 3.13. The highest BCUT2D eigenvalue weighted by molar-refractivity contribution is 7.99. The fourth-order valence-electron chi connectivity index (χ4n) is 2.33. The quantitative estimate of drug-likeness (QED) is 0.694. The van der Waals surface area contributed by atoms with Crippen LogP contribution in [0.1, 0.15) is 12.8 Å². The standard InChI is InChI=1S/C11H19N3O2S/c12-10(15)8-1-4-14(5-2-8)11(16)9-7-17-6-3-13-9/h8-9,13H,1-7H2,(H2,12,15). The topological polar surface area (TPSA) is 75.4 Å². The lowest BCUT2D eigenvalue weighted by molar-refractivity contribution is -0.136. The Morgan fingerprint density at radius 1 is 1.29 bits per heavy atom. The van der Waals surface area contributed by atoms with Crippen LogP contribution in [0.5, 0.6) is 0 Å². The van der Waals surface area contributed by atoms with E-state index < -0.39 is 0 Å². The van der Waals surface area contributed by atoms with Crippen LogP contribution in [0.2, 0.25) is 0 Å². The molecule has 2 amide bonds. The third-order valence-electron chi connectivity index (χ3n) is 3.43. The first-order valence-corrected chi connectivity index (χ1v) is 7.23. The summed E-state index contributed by atoms with van der Waals surface area (Å²) in [6.07, 6.45) is 1.42. The first kappa shape index (κ1) is 12.7. The van der Waals surface area contributed by atoms with Crippen LogP contribution in [0, 0.1) is 5.92 Å². The van der Waals surface area contributed by atoms with E-state index >= 15 is 0 Å². The summed E-state index contributed by atoms with van der Waals surface area (Å²) in [6, 6.07) is -0.0427. The Hall–Kier alpha value is -0.750. The van der Waals surface area contributed by atoms with E-state index in [0.29, 0.717) is 25.9 Å². The zero-order chi connectivity index (χ0) is 12.3. The second-order valence-electron chi connectivity index (χ2n) is 4.58. The van der Waals surface area contributed by atoms with Crippen molar-refractivity contribution >= 4 is 23.6 Å². The fraction of sp³-hybridized carbons (Fsp3) is 0.818. The molecule has 0 aliphatic carbocycles. The smallest absolute Gasteiger partial charge is 0.240 e. The predicted molar refractivity (Wildman–Crippen MR) is 67.6 cm³/mol. The van der Waals surface area contributed by atoms with Gasteiger partial charge in [0.2, 0.25) is 11.8 Å². The van der Waals surface area contributed by atoms with Crippen LogP contribution in [0.3, 0.4) is 0 Å². The zero-order valence-corrected chi connectivity index (χ0v) is 10.7. The van der Waals surface area contributed by atoms with Crippen LogP contribution in [0.25, 0.3) is 0 Å². The minimum Gasteiger partial charge on any atom is -0.369 e. The molecular formula is C11H19N3O2S. The van der Waals surface area contributed by atoms with E-state index in [0.717, 1.165) is 18.1 Å². The van der Waals surface area contributed by atoms with Gasteiger partial charge in [-0.3, -0.25) is 9.59 Å². The molecule has 96 valence electrons. The summed E-state index contributed by atoms with van der Waals surface area (Å²) in [5.74, 6) is 1.83. The Morgan fingerprint density at radius 2 is 2.00 bits per heavy atom. The average molecular weight is 257 g/mol. The molecule has 0 bridgehead atoms. The first-order valence-electron chi connectivity index (χ1n) is 6.07. The summed E-state index contributed by atoms with van der Waals surface area (Å²) < 4.78 is 0. The second kappa shape index (κ2) is 5.73. The number of nitrogens with two attached hydrogens (primary N) is 1. The summed E-state index contributed by atoms with van der Waals surface area (Å²) in [5, 5.41) is 3.25. The van der Waals surface area contributed by atoms with Gasteiger partial charge in [-0.2, -0.15) is 11.8 Å². The average Bonchev–Trinajstić information content (AvgIpc) is 2.39. The van der Waals surface area contributed by atoms with Gasteiger partial charge < -0.3 is 16.0 Å².